The molecule has 0 amide bonds. The third-order valence-corrected chi connectivity index (χ3v) is 9.60. The molecule has 0 saturated carbocycles. The lowest BCUT2D eigenvalue weighted by Crippen LogP contribution is -2.51. The molecule has 238 valence electrons. The second-order valence-corrected chi connectivity index (χ2v) is 13.5. The summed E-state index contributed by atoms with van der Waals surface area (Å²) in [6, 6.07) is 7.93. The van der Waals surface area contributed by atoms with Gasteiger partial charge in [-0.25, -0.2) is 4.98 Å². The minimum absolute atomic E-state index is 0.139. The Labute approximate surface area is 264 Å². The Bertz CT molecular complexity index is 2150. The lowest BCUT2D eigenvalue weighted by Gasteiger charge is -2.39. The van der Waals surface area contributed by atoms with E-state index in [0.717, 1.165) is 57.1 Å². The molecule has 0 aromatic carbocycles. The van der Waals surface area contributed by atoms with Gasteiger partial charge in [0, 0.05) is 55.4 Å². The van der Waals surface area contributed by atoms with Crippen molar-refractivity contribution in [2.75, 3.05) is 25.1 Å². The molecule has 2 aliphatic heterocycles. The lowest BCUT2D eigenvalue weighted by atomic mass is 9.90. The molecule has 7 heterocycles. The smallest absolute Gasteiger partial charge is 0.297 e. The maximum absolute atomic E-state index is 13.9. The van der Waals surface area contributed by atoms with Gasteiger partial charge in [0.1, 0.15) is 17.0 Å². The summed E-state index contributed by atoms with van der Waals surface area (Å²) in [6.45, 7) is 9.95. The van der Waals surface area contributed by atoms with Gasteiger partial charge in [-0.3, -0.25) is 23.6 Å². The number of aromatic nitrogens is 7. The van der Waals surface area contributed by atoms with Crippen LogP contribution in [0.4, 0.5) is 11.5 Å². The fraction of sp³-hybridized carbons (Fsp3) is 0.424. The van der Waals surface area contributed by atoms with Crippen molar-refractivity contribution in [2.45, 2.75) is 59.4 Å². The monoisotopic (exact) mass is 623 g/mol. The second kappa shape index (κ2) is 10.5. The first-order valence-electron chi connectivity index (χ1n) is 15.7. The average molecular weight is 624 g/mol. The number of hydrogen-bond donors (Lipinski definition) is 2. The largest absolute Gasteiger partial charge is 0.392 e. The van der Waals surface area contributed by atoms with Crippen LogP contribution in [0.1, 0.15) is 42.2 Å². The van der Waals surface area contributed by atoms with Crippen LogP contribution < -0.4 is 16.4 Å². The van der Waals surface area contributed by atoms with Crippen LogP contribution in [0.2, 0.25) is 0 Å². The molecular formula is C33H37N9O4. The van der Waals surface area contributed by atoms with Crippen molar-refractivity contribution in [3.05, 3.63) is 85.7 Å². The number of anilines is 2. The van der Waals surface area contributed by atoms with Crippen LogP contribution in [0, 0.1) is 12.3 Å². The predicted octanol–water partition coefficient (Wildman–Crippen LogP) is 2.33. The van der Waals surface area contributed by atoms with Crippen LogP contribution in [-0.2, 0) is 44.3 Å². The number of aliphatic hydroxyl groups excluding tert-OH is 1. The molecule has 0 atom stereocenters. The Kier molecular flexibility index (Phi) is 6.57. The molecule has 1 fully saturated rings. The van der Waals surface area contributed by atoms with Crippen molar-refractivity contribution >= 4 is 17.0 Å². The zero-order valence-electron chi connectivity index (χ0n) is 26.4. The molecule has 0 spiro atoms. The van der Waals surface area contributed by atoms with Crippen LogP contribution in [0.25, 0.3) is 22.5 Å². The number of aryl methyl sites for hydroxylation is 2. The summed E-state index contributed by atoms with van der Waals surface area (Å²) in [5.41, 5.74) is 5.64. The van der Waals surface area contributed by atoms with Crippen LogP contribution in [0.15, 0.2) is 46.2 Å². The zero-order chi connectivity index (χ0) is 31.9. The third-order valence-electron chi connectivity index (χ3n) is 9.60. The molecule has 5 aromatic heterocycles. The van der Waals surface area contributed by atoms with E-state index in [9.17, 15) is 14.7 Å². The fourth-order valence-electron chi connectivity index (χ4n) is 7.26. The summed E-state index contributed by atoms with van der Waals surface area (Å²) in [4.78, 5) is 34.1. The molecular weight excluding hydrogens is 586 g/mol. The number of hydrogen-bond acceptors (Lipinski definition) is 9. The van der Waals surface area contributed by atoms with E-state index in [1.807, 2.05) is 28.1 Å². The first kappa shape index (κ1) is 28.9. The lowest BCUT2D eigenvalue weighted by molar-refractivity contribution is -0.0735. The van der Waals surface area contributed by atoms with Crippen molar-refractivity contribution in [3.63, 3.8) is 0 Å². The van der Waals surface area contributed by atoms with Gasteiger partial charge in [0.15, 0.2) is 11.6 Å². The summed E-state index contributed by atoms with van der Waals surface area (Å²) in [5, 5.41) is 23.3. The standard InChI is InChI=1S/C33H37N9O4/c1-19-36-42(32(45)27-10-20-12-33(2,3)13-28(20)41(19)27)30-25(16-43)24(5-6-34-30)21-9-26(31(44)38(4)14-21)35-29-11-22-15-39(23-17-46-18-23)7-8-40(22)37-29/h5-6,9-11,14,23,43H,7-8,12-13,15-18H2,1-4H3,(H,35,37). The maximum Gasteiger partial charge on any atom is 0.297 e. The summed E-state index contributed by atoms with van der Waals surface area (Å²) in [6.07, 6.45) is 5.08. The molecule has 46 heavy (non-hydrogen) atoms. The van der Waals surface area contributed by atoms with Gasteiger partial charge < -0.3 is 19.7 Å². The normalized spacial score (nSPS) is 17.7. The summed E-state index contributed by atoms with van der Waals surface area (Å²) >= 11 is 0. The van der Waals surface area contributed by atoms with Gasteiger partial charge in [0.05, 0.1) is 38.1 Å². The van der Waals surface area contributed by atoms with Gasteiger partial charge in [-0.2, -0.15) is 9.78 Å². The molecule has 13 nitrogen and oxygen atoms in total. The first-order valence-corrected chi connectivity index (χ1v) is 15.7. The molecule has 0 unspecified atom stereocenters. The first-order chi connectivity index (χ1) is 22.1. The van der Waals surface area contributed by atoms with E-state index in [4.69, 9.17) is 9.84 Å². The number of aliphatic hydroxyl groups is 1. The molecule has 2 N–H and O–H groups in total. The fourth-order valence-corrected chi connectivity index (χ4v) is 7.26. The Morgan fingerprint density at radius 3 is 2.67 bits per heavy atom. The Morgan fingerprint density at radius 1 is 1.09 bits per heavy atom. The van der Waals surface area contributed by atoms with Crippen molar-refractivity contribution in [3.8, 4) is 16.9 Å². The van der Waals surface area contributed by atoms with E-state index in [1.54, 1.807) is 31.6 Å². The molecule has 8 rings (SSSR count). The van der Waals surface area contributed by atoms with Crippen molar-refractivity contribution in [1.29, 1.82) is 0 Å². The topological polar surface area (TPSA) is 137 Å². The number of pyridine rings is 2. The molecule has 1 saturated heterocycles. The Balaban J connectivity index is 1.16. The van der Waals surface area contributed by atoms with E-state index < -0.39 is 0 Å². The Hall–Kier alpha value is -4.59. The van der Waals surface area contributed by atoms with Crippen LogP contribution in [0.3, 0.4) is 0 Å². The highest BCUT2D eigenvalue weighted by Gasteiger charge is 2.33. The highest BCUT2D eigenvalue weighted by Crippen LogP contribution is 2.38. The minimum Gasteiger partial charge on any atom is -0.392 e. The molecule has 3 aliphatic rings. The number of nitrogens with one attached hydrogen (secondary N) is 1. The summed E-state index contributed by atoms with van der Waals surface area (Å²) < 4.78 is 12.1. The van der Waals surface area contributed by atoms with E-state index in [-0.39, 0.29) is 29.0 Å². The van der Waals surface area contributed by atoms with Gasteiger partial charge in [-0.1, -0.05) is 13.8 Å². The number of nitrogens with zero attached hydrogens (tertiary/aromatic N) is 8. The summed E-state index contributed by atoms with van der Waals surface area (Å²) in [7, 11) is 1.69. The van der Waals surface area contributed by atoms with E-state index in [0.29, 0.717) is 45.6 Å². The van der Waals surface area contributed by atoms with Crippen molar-refractivity contribution < 1.29 is 9.84 Å². The average Bonchev–Trinajstić information content (AvgIpc) is 3.64. The molecule has 5 aromatic rings. The van der Waals surface area contributed by atoms with Crippen molar-refractivity contribution in [2.24, 2.45) is 12.5 Å². The highest BCUT2D eigenvalue weighted by atomic mass is 16.5. The van der Waals surface area contributed by atoms with Gasteiger partial charge >= 0.3 is 0 Å². The highest BCUT2D eigenvalue weighted by molar-refractivity contribution is 5.73. The molecule has 13 heteroatoms. The third kappa shape index (κ3) is 4.60. The molecule has 0 bridgehead atoms. The van der Waals surface area contributed by atoms with Crippen LogP contribution in [-0.4, -0.2) is 69.3 Å². The van der Waals surface area contributed by atoms with E-state index in [1.165, 1.54) is 14.8 Å². The van der Waals surface area contributed by atoms with Gasteiger partial charge in [-0.05, 0) is 54.5 Å². The quantitative estimate of drug-likeness (QED) is 0.292. The van der Waals surface area contributed by atoms with Gasteiger partial charge in [0.25, 0.3) is 11.1 Å². The number of fused-ring (bicyclic) bond motifs is 4. The predicted molar refractivity (Wildman–Crippen MR) is 172 cm³/mol. The Morgan fingerprint density at radius 2 is 1.91 bits per heavy atom. The zero-order valence-corrected chi connectivity index (χ0v) is 26.4. The van der Waals surface area contributed by atoms with Crippen molar-refractivity contribution in [1.82, 2.24) is 38.4 Å². The minimum atomic E-state index is -0.384. The van der Waals surface area contributed by atoms with Gasteiger partial charge in [0.2, 0.25) is 0 Å². The number of rotatable bonds is 6. The maximum atomic E-state index is 13.9. The summed E-state index contributed by atoms with van der Waals surface area (Å²) in [5.74, 6) is 1.52. The van der Waals surface area contributed by atoms with Crippen LogP contribution >= 0.6 is 0 Å². The second-order valence-electron chi connectivity index (χ2n) is 13.5. The molecule has 1 aliphatic carbocycles. The SMILES string of the molecule is Cc1nn(-c2nccc(-c3cc(Nc4cc5n(n4)CCN(C4COC4)C5)c(=O)n(C)c3)c2CO)c(=O)c2cc3c(n12)CC(C)(C)C3. The van der Waals surface area contributed by atoms with Crippen LogP contribution in [0.5, 0.6) is 0 Å². The number of ether oxygens (including phenoxy) is 1. The van der Waals surface area contributed by atoms with E-state index in [2.05, 4.69) is 34.1 Å². The van der Waals surface area contributed by atoms with Gasteiger partial charge in [-0.15, -0.1) is 5.10 Å². The van der Waals surface area contributed by atoms with E-state index >= 15 is 0 Å². The molecule has 0 radical (unpaired) electrons.